The lowest BCUT2D eigenvalue weighted by atomic mass is 9.95. The van der Waals surface area contributed by atoms with Gasteiger partial charge in [0.15, 0.2) is 0 Å². The second kappa shape index (κ2) is 6.75. The summed E-state index contributed by atoms with van der Waals surface area (Å²) in [5.74, 6) is 0.206. The molecule has 2 atom stereocenters. The number of ether oxygens (including phenoxy) is 2. The lowest BCUT2D eigenvalue weighted by molar-refractivity contribution is -0.147. The third-order valence-corrected chi connectivity index (χ3v) is 4.61. The van der Waals surface area contributed by atoms with Gasteiger partial charge in [0.25, 0.3) is 5.91 Å². The van der Waals surface area contributed by atoms with Gasteiger partial charge in [0.05, 0.1) is 19.1 Å². The minimum Gasteiger partial charge on any atom is -0.378 e. The highest BCUT2D eigenvalue weighted by atomic mass is 16.5. The second-order valence-corrected chi connectivity index (χ2v) is 6.06. The molecule has 0 bridgehead atoms. The molecule has 0 spiro atoms. The number of amides is 2. The van der Waals surface area contributed by atoms with Gasteiger partial charge in [-0.3, -0.25) is 9.59 Å². The summed E-state index contributed by atoms with van der Waals surface area (Å²) in [6.45, 7) is 4.58. The molecular formula is C15H24N2O4. The third kappa shape index (κ3) is 3.37. The van der Waals surface area contributed by atoms with E-state index in [4.69, 9.17) is 9.47 Å². The fraction of sp³-hybridized carbons (Fsp3) is 0.867. The number of carbonyl (C=O) groups excluding carboxylic acids is 2. The summed E-state index contributed by atoms with van der Waals surface area (Å²) in [6.07, 6.45) is 3.28. The van der Waals surface area contributed by atoms with Crippen LogP contribution in [0.3, 0.4) is 0 Å². The minimum absolute atomic E-state index is 0.0535. The highest BCUT2D eigenvalue weighted by molar-refractivity contribution is 5.83. The number of hydrogen-bond acceptors (Lipinski definition) is 4. The van der Waals surface area contributed by atoms with Crippen LogP contribution in [0.5, 0.6) is 0 Å². The average Bonchev–Trinajstić information content (AvgIpc) is 3.09. The van der Waals surface area contributed by atoms with Gasteiger partial charge in [-0.2, -0.15) is 0 Å². The van der Waals surface area contributed by atoms with E-state index in [9.17, 15) is 9.59 Å². The molecule has 0 radical (unpaired) electrons. The number of carbonyl (C=O) groups is 2. The van der Waals surface area contributed by atoms with E-state index >= 15 is 0 Å². The first kappa shape index (κ1) is 14.8. The van der Waals surface area contributed by atoms with Gasteiger partial charge in [0.1, 0.15) is 6.10 Å². The standard InChI is InChI=1S/C15H24N2O4/c18-14(16-6-9-20-10-7-16)12-3-1-5-17(11-12)15(19)13-4-2-8-21-13/h12-13H,1-11H2/t12-,13-/m1/s1. The Morgan fingerprint density at radius 2 is 1.67 bits per heavy atom. The molecule has 3 saturated heterocycles. The van der Waals surface area contributed by atoms with Gasteiger partial charge >= 0.3 is 0 Å². The number of likely N-dealkylation sites (tertiary alicyclic amines) is 1. The highest BCUT2D eigenvalue weighted by Crippen LogP contribution is 2.22. The number of hydrogen-bond donors (Lipinski definition) is 0. The summed E-state index contributed by atoms with van der Waals surface area (Å²) in [6, 6.07) is 0. The first-order valence-corrected chi connectivity index (χ1v) is 8.02. The van der Waals surface area contributed by atoms with E-state index in [0.29, 0.717) is 39.5 Å². The molecule has 3 aliphatic rings. The summed E-state index contributed by atoms with van der Waals surface area (Å²) in [5, 5.41) is 0. The Hall–Kier alpha value is -1.14. The largest absolute Gasteiger partial charge is 0.378 e. The predicted octanol–water partition coefficient (Wildman–Crippen LogP) is 0.263. The molecule has 6 nitrogen and oxygen atoms in total. The van der Waals surface area contributed by atoms with Crippen LogP contribution in [0.4, 0.5) is 0 Å². The van der Waals surface area contributed by atoms with E-state index in [1.54, 1.807) is 0 Å². The summed E-state index contributed by atoms with van der Waals surface area (Å²) in [7, 11) is 0. The fourth-order valence-corrected chi connectivity index (χ4v) is 3.40. The second-order valence-electron chi connectivity index (χ2n) is 6.06. The van der Waals surface area contributed by atoms with Crippen LogP contribution in [0.15, 0.2) is 0 Å². The molecule has 0 aromatic heterocycles. The molecule has 0 aliphatic carbocycles. The molecule has 0 saturated carbocycles. The van der Waals surface area contributed by atoms with Crippen LogP contribution in [-0.2, 0) is 19.1 Å². The van der Waals surface area contributed by atoms with Crippen molar-refractivity contribution < 1.29 is 19.1 Å². The van der Waals surface area contributed by atoms with Crippen molar-refractivity contribution in [3.8, 4) is 0 Å². The lowest BCUT2D eigenvalue weighted by Crippen LogP contribution is -2.51. The van der Waals surface area contributed by atoms with Crippen molar-refractivity contribution in [1.82, 2.24) is 9.80 Å². The smallest absolute Gasteiger partial charge is 0.251 e. The molecule has 3 fully saturated rings. The number of rotatable bonds is 2. The van der Waals surface area contributed by atoms with E-state index in [2.05, 4.69) is 0 Å². The first-order chi connectivity index (χ1) is 10.3. The monoisotopic (exact) mass is 296 g/mol. The van der Waals surface area contributed by atoms with Gasteiger partial charge < -0.3 is 19.3 Å². The number of morpholine rings is 1. The molecule has 6 heteroatoms. The third-order valence-electron chi connectivity index (χ3n) is 4.61. The van der Waals surface area contributed by atoms with Crippen molar-refractivity contribution in [2.24, 2.45) is 5.92 Å². The van der Waals surface area contributed by atoms with Crippen molar-refractivity contribution in [2.75, 3.05) is 46.0 Å². The Morgan fingerprint density at radius 1 is 0.857 bits per heavy atom. The molecule has 0 aromatic rings. The van der Waals surface area contributed by atoms with E-state index in [0.717, 1.165) is 32.2 Å². The summed E-state index contributed by atoms with van der Waals surface area (Å²) < 4.78 is 10.8. The maximum atomic E-state index is 12.5. The van der Waals surface area contributed by atoms with Gasteiger partial charge in [0, 0.05) is 32.8 Å². The van der Waals surface area contributed by atoms with E-state index in [1.165, 1.54) is 0 Å². The maximum absolute atomic E-state index is 12.5. The zero-order valence-electron chi connectivity index (χ0n) is 12.5. The Morgan fingerprint density at radius 3 is 2.38 bits per heavy atom. The van der Waals surface area contributed by atoms with Crippen LogP contribution in [0, 0.1) is 5.92 Å². The molecule has 0 N–H and O–H groups in total. The zero-order valence-corrected chi connectivity index (χ0v) is 12.5. The van der Waals surface area contributed by atoms with E-state index in [-0.39, 0.29) is 23.8 Å². The van der Waals surface area contributed by atoms with Crippen molar-refractivity contribution in [2.45, 2.75) is 31.8 Å². The van der Waals surface area contributed by atoms with Gasteiger partial charge in [-0.05, 0) is 25.7 Å². The predicted molar refractivity (Wildman–Crippen MR) is 75.7 cm³/mol. The van der Waals surface area contributed by atoms with Gasteiger partial charge in [-0.1, -0.05) is 0 Å². The SMILES string of the molecule is O=C([C@@H]1CCCN(C(=O)[C@H]2CCCO2)C1)N1CCOCC1. The van der Waals surface area contributed by atoms with E-state index < -0.39 is 0 Å². The van der Waals surface area contributed by atoms with Crippen LogP contribution in [0.25, 0.3) is 0 Å². The van der Waals surface area contributed by atoms with E-state index in [1.807, 2.05) is 9.80 Å². The Kier molecular flexibility index (Phi) is 4.75. The molecule has 2 amide bonds. The summed E-state index contributed by atoms with van der Waals surface area (Å²) in [5.41, 5.74) is 0. The van der Waals surface area contributed by atoms with Crippen LogP contribution in [0.1, 0.15) is 25.7 Å². The molecular weight excluding hydrogens is 272 g/mol. The molecule has 21 heavy (non-hydrogen) atoms. The molecule has 3 aliphatic heterocycles. The van der Waals surface area contributed by atoms with Crippen molar-refractivity contribution >= 4 is 11.8 Å². The van der Waals surface area contributed by atoms with Crippen molar-refractivity contribution in [3.63, 3.8) is 0 Å². The highest BCUT2D eigenvalue weighted by Gasteiger charge is 2.35. The topological polar surface area (TPSA) is 59.1 Å². The zero-order chi connectivity index (χ0) is 14.7. The van der Waals surface area contributed by atoms with Crippen LogP contribution in [-0.4, -0.2) is 73.7 Å². The van der Waals surface area contributed by atoms with Crippen LogP contribution in [0.2, 0.25) is 0 Å². The van der Waals surface area contributed by atoms with Gasteiger partial charge in [0.2, 0.25) is 5.91 Å². The summed E-state index contributed by atoms with van der Waals surface area (Å²) in [4.78, 5) is 28.7. The first-order valence-electron chi connectivity index (χ1n) is 8.02. The van der Waals surface area contributed by atoms with Crippen LogP contribution < -0.4 is 0 Å². The average molecular weight is 296 g/mol. The summed E-state index contributed by atoms with van der Waals surface area (Å²) >= 11 is 0. The normalized spacial score (nSPS) is 30.5. The fourth-order valence-electron chi connectivity index (χ4n) is 3.40. The lowest BCUT2D eigenvalue weighted by Gasteiger charge is -2.36. The quantitative estimate of drug-likeness (QED) is 0.733. The molecule has 3 heterocycles. The Labute approximate surface area is 125 Å². The van der Waals surface area contributed by atoms with Crippen molar-refractivity contribution in [1.29, 1.82) is 0 Å². The minimum atomic E-state index is -0.276. The number of piperidine rings is 1. The number of nitrogens with zero attached hydrogens (tertiary/aromatic N) is 2. The molecule has 0 aromatic carbocycles. The Bertz CT molecular complexity index is 389. The molecule has 3 rings (SSSR count). The van der Waals surface area contributed by atoms with Gasteiger partial charge in [-0.25, -0.2) is 0 Å². The molecule has 0 unspecified atom stereocenters. The van der Waals surface area contributed by atoms with Crippen molar-refractivity contribution in [3.05, 3.63) is 0 Å². The van der Waals surface area contributed by atoms with Crippen LogP contribution >= 0.6 is 0 Å². The molecule has 118 valence electrons. The Balaban J connectivity index is 1.57. The van der Waals surface area contributed by atoms with Gasteiger partial charge in [-0.15, -0.1) is 0 Å². The maximum Gasteiger partial charge on any atom is 0.251 e.